The van der Waals surface area contributed by atoms with Crippen molar-refractivity contribution in [1.29, 1.82) is 0 Å². The van der Waals surface area contributed by atoms with Gasteiger partial charge in [-0.15, -0.1) is 5.10 Å². The predicted octanol–water partition coefficient (Wildman–Crippen LogP) is 0.936. The maximum atomic E-state index is 12.5. The number of hydrogen-bond donors (Lipinski definition) is 2. The topological polar surface area (TPSA) is 143 Å². The minimum atomic E-state index is -5.08. The molecule has 2 heterocycles. The number of carboxylic acids is 2. The minimum Gasteiger partial charge on any atom is -0.480 e. The molecule has 0 bridgehead atoms. The first-order valence-electron chi connectivity index (χ1n) is 7.78. The molecule has 156 valence electrons. The van der Waals surface area contributed by atoms with Crippen molar-refractivity contribution in [3.63, 3.8) is 0 Å². The number of carbonyl (C=O) groups is 3. The zero-order valence-electron chi connectivity index (χ0n) is 14.3. The number of alkyl halides is 3. The van der Waals surface area contributed by atoms with E-state index >= 15 is 0 Å². The molecule has 3 rings (SSSR count). The molecule has 1 atom stereocenters. The summed E-state index contributed by atoms with van der Waals surface area (Å²) in [5.74, 6) is -4.30. The molecular weight excluding hydrogens is 425 g/mol. The molecule has 10 nitrogen and oxygen atoms in total. The van der Waals surface area contributed by atoms with Gasteiger partial charge in [0.05, 0.1) is 10.4 Å². The largest absolute Gasteiger partial charge is 0.490 e. The van der Waals surface area contributed by atoms with Gasteiger partial charge in [-0.3, -0.25) is 14.4 Å². The number of benzene rings is 1. The van der Waals surface area contributed by atoms with Gasteiger partial charge in [0.15, 0.2) is 0 Å². The number of carbonyl (C=O) groups excluding carboxylic acids is 1. The number of carboxylic acid groups (broad SMARTS) is 2. The Labute approximate surface area is 164 Å². The lowest BCUT2D eigenvalue weighted by Crippen LogP contribution is -2.36. The normalized spacial score (nSPS) is 16.5. The summed E-state index contributed by atoms with van der Waals surface area (Å²) in [6.07, 6.45) is -4.77. The first-order valence-corrected chi connectivity index (χ1v) is 8.15. The first kappa shape index (κ1) is 22.1. The summed E-state index contributed by atoms with van der Waals surface area (Å²) >= 11 is 5.96. The second kappa shape index (κ2) is 8.43. The van der Waals surface area contributed by atoms with Gasteiger partial charge < -0.3 is 15.1 Å². The van der Waals surface area contributed by atoms with Crippen molar-refractivity contribution in [1.82, 2.24) is 19.9 Å². The average molecular weight is 437 g/mol. The predicted molar refractivity (Wildman–Crippen MR) is 90.4 cm³/mol. The van der Waals surface area contributed by atoms with Crippen molar-refractivity contribution in [2.24, 2.45) is 0 Å². The van der Waals surface area contributed by atoms with E-state index in [1.807, 2.05) is 0 Å². The molecule has 14 heteroatoms. The smallest absolute Gasteiger partial charge is 0.480 e. The van der Waals surface area contributed by atoms with Crippen LogP contribution >= 0.6 is 11.6 Å². The summed E-state index contributed by atoms with van der Waals surface area (Å²) in [7, 11) is 0. The molecule has 1 fully saturated rings. The van der Waals surface area contributed by atoms with Crippen LogP contribution in [0, 0.1) is 0 Å². The Bertz CT molecular complexity index is 1030. The van der Waals surface area contributed by atoms with E-state index in [0.29, 0.717) is 11.4 Å². The number of halogens is 4. The van der Waals surface area contributed by atoms with Crippen LogP contribution < -0.4 is 5.56 Å². The van der Waals surface area contributed by atoms with Crippen LogP contribution in [0.1, 0.15) is 12.5 Å². The molecule has 0 radical (unpaired) electrons. The third kappa shape index (κ3) is 4.99. The number of amides is 1. The number of fused-ring (bicyclic) bond motifs is 1. The molecule has 1 unspecified atom stereocenters. The molecule has 29 heavy (non-hydrogen) atoms. The Morgan fingerprint density at radius 3 is 2.41 bits per heavy atom. The summed E-state index contributed by atoms with van der Waals surface area (Å²) < 4.78 is 32.7. The lowest BCUT2D eigenvalue weighted by atomic mass is 10.2. The van der Waals surface area contributed by atoms with Crippen LogP contribution in [0.4, 0.5) is 13.2 Å². The van der Waals surface area contributed by atoms with E-state index in [9.17, 15) is 27.6 Å². The van der Waals surface area contributed by atoms with Crippen molar-refractivity contribution < 1.29 is 37.8 Å². The van der Waals surface area contributed by atoms with Gasteiger partial charge in [-0.05, 0) is 18.6 Å². The van der Waals surface area contributed by atoms with Crippen molar-refractivity contribution in [3.05, 3.63) is 33.6 Å². The van der Waals surface area contributed by atoms with E-state index in [1.165, 1.54) is 4.90 Å². The summed E-state index contributed by atoms with van der Waals surface area (Å²) in [4.78, 5) is 45.5. The number of likely N-dealkylation sites (tertiary alicyclic amines) is 1. The summed E-state index contributed by atoms with van der Waals surface area (Å²) in [6, 6.07) is 3.94. The Morgan fingerprint density at radius 1 is 1.24 bits per heavy atom. The van der Waals surface area contributed by atoms with Gasteiger partial charge in [0.25, 0.3) is 5.56 Å². The van der Waals surface area contributed by atoms with Crippen molar-refractivity contribution in [2.75, 3.05) is 13.1 Å². The van der Waals surface area contributed by atoms with E-state index in [-0.39, 0.29) is 17.4 Å². The van der Waals surface area contributed by atoms with Crippen LogP contribution in [-0.4, -0.2) is 67.2 Å². The number of aromatic nitrogens is 3. The third-order valence-corrected chi connectivity index (χ3v) is 4.10. The van der Waals surface area contributed by atoms with E-state index in [1.54, 1.807) is 18.2 Å². The molecule has 0 saturated carbocycles. The zero-order chi connectivity index (χ0) is 21.9. The van der Waals surface area contributed by atoms with E-state index in [4.69, 9.17) is 26.6 Å². The van der Waals surface area contributed by atoms with E-state index in [0.717, 1.165) is 4.68 Å². The molecule has 2 aromatic rings. The van der Waals surface area contributed by atoms with Crippen LogP contribution in [-0.2, 0) is 14.4 Å². The van der Waals surface area contributed by atoms with Gasteiger partial charge >= 0.3 is 18.1 Å². The maximum absolute atomic E-state index is 12.5. The lowest BCUT2D eigenvalue weighted by Gasteiger charge is -2.14. The first-order chi connectivity index (χ1) is 13.4. The van der Waals surface area contributed by atoms with Crippen LogP contribution in [0.25, 0.3) is 10.9 Å². The van der Waals surface area contributed by atoms with Gasteiger partial charge in [-0.25, -0.2) is 4.79 Å². The Morgan fingerprint density at radius 2 is 1.86 bits per heavy atom. The van der Waals surface area contributed by atoms with Crippen LogP contribution in [0.5, 0.6) is 0 Å². The molecule has 1 aliphatic heterocycles. The van der Waals surface area contributed by atoms with Crippen molar-refractivity contribution in [3.8, 4) is 0 Å². The third-order valence-electron chi connectivity index (χ3n) is 3.80. The summed E-state index contributed by atoms with van der Waals surface area (Å²) in [5, 5.41) is 24.2. The molecular formula is C15H12ClF3N4O6. The molecule has 2 N–H and O–H groups in total. The van der Waals surface area contributed by atoms with Gasteiger partial charge in [-0.2, -0.15) is 17.9 Å². The molecule has 0 spiro atoms. The number of aliphatic carboxylic acids is 2. The van der Waals surface area contributed by atoms with Gasteiger partial charge in [-0.1, -0.05) is 22.9 Å². The summed E-state index contributed by atoms with van der Waals surface area (Å²) in [6.45, 7) is -0.131. The van der Waals surface area contributed by atoms with E-state index < -0.39 is 42.2 Å². The van der Waals surface area contributed by atoms with Crippen molar-refractivity contribution >= 4 is 40.3 Å². The average Bonchev–Trinajstić information content (AvgIpc) is 2.96. The molecule has 1 aromatic heterocycles. The molecule has 1 amide bonds. The highest BCUT2D eigenvalue weighted by atomic mass is 35.5. The number of nitrogens with zero attached hydrogens (tertiary/aromatic N) is 4. The van der Waals surface area contributed by atoms with E-state index in [2.05, 4.69) is 10.3 Å². The molecule has 1 aromatic carbocycles. The highest BCUT2D eigenvalue weighted by molar-refractivity contribution is 6.34. The van der Waals surface area contributed by atoms with Crippen LogP contribution in [0.15, 0.2) is 23.0 Å². The van der Waals surface area contributed by atoms with Crippen molar-refractivity contribution in [2.45, 2.75) is 18.6 Å². The SMILES string of the molecule is O=C(O)C(F)(F)F.O=C(O)CN1CCC(n2nnc3c(Cl)cccc3c2=O)C1=O. The molecule has 1 aliphatic rings. The Hall–Kier alpha value is -3.22. The Balaban J connectivity index is 0.000000370. The fourth-order valence-electron chi connectivity index (χ4n) is 2.52. The monoisotopic (exact) mass is 436 g/mol. The number of hydrogen-bond acceptors (Lipinski definition) is 6. The van der Waals surface area contributed by atoms with Crippen LogP contribution in [0.2, 0.25) is 5.02 Å². The van der Waals surface area contributed by atoms with Crippen LogP contribution in [0.3, 0.4) is 0 Å². The fraction of sp³-hybridized carbons (Fsp3) is 0.333. The lowest BCUT2D eigenvalue weighted by molar-refractivity contribution is -0.192. The van der Waals surface area contributed by atoms with Gasteiger partial charge in [0, 0.05) is 6.54 Å². The standard InChI is InChI=1S/C13H11ClN4O4.C2HF3O2/c14-8-3-1-2-7-11(8)15-16-18(12(7)21)9-4-5-17(13(9)22)6-10(19)20;3-2(4,5)1(6)7/h1-3,9H,4-6H2,(H,19,20);(H,6,7). The number of rotatable bonds is 3. The maximum Gasteiger partial charge on any atom is 0.490 e. The fourth-order valence-corrected chi connectivity index (χ4v) is 2.73. The van der Waals surface area contributed by atoms with Gasteiger partial charge in [0.2, 0.25) is 5.91 Å². The highest BCUT2D eigenvalue weighted by Gasteiger charge is 2.38. The second-order valence-corrected chi connectivity index (χ2v) is 6.14. The molecule has 1 saturated heterocycles. The molecule has 0 aliphatic carbocycles. The minimum absolute atomic E-state index is 0.261. The highest BCUT2D eigenvalue weighted by Crippen LogP contribution is 2.22. The Kier molecular flexibility index (Phi) is 6.41. The zero-order valence-corrected chi connectivity index (χ0v) is 15.0. The second-order valence-electron chi connectivity index (χ2n) is 5.74. The quantitative estimate of drug-likeness (QED) is 0.723. The summed E-state index contributed by atoms with van der Waals surface area (Å²) in [5.41, 5.74) is -0.193. The van der Waals surface area contributed by atoms with Gasteiger partial charge in [0.1, 0.15) is 18.1 Å².